The van der Waals surface area contributed by atoms with E-state index in [0.717, 1.165) is 6.07 Å². The van der Waals surface area contributed by atoms with Gasteiger partial charge >= 0.3 is 10.1 Å². The first-order valence-electron chi connectivity index (χ1n) is 5.25. The van der Waals surface area contributed by atoms with Gasteiger partial charge in [0.2, 0.25) is 0 Å². The zero-order valence-electron chi connectivity index (χ0n) is 9.91. The first kappa shape index (κ1) is 17.0. The summed E-state index contributed by atoms with van der Waals surface area (Å²) in [6.07, 6.45) is 0. The van der Waals surface area contributed by atoms with E-state index in [1.165, 1.54) is 24.3 Å². The average Bonchev–Trinajstić information content (AvgIpc) is 2.37. The van der Waals surface area contributed by atoms with Crippen LogP contribution >= 0.6 is 58.0 Å². The molecule has 0 radical (unpaired) electrons. The van der Waals surface area contributed by atoms with Crippen molar-refractivity contribution in [2.24, 2.45) is 0 Å². The molecule has 0 amide bonds. The van der Waals surface area contributed by atoms with Gasteiger partial charge in [0.25, 0.3) is 0 Å². The second kappa shape index (κ2) is 6.41. The zero-order valence-corrected chi connectivity index (χ0v) is 14.5. The predicted molar refractivity (Wildman–Crippen MR) is 85.7 cm³/mol. The fourth-order valence-electron chi connectivity index (χ4n) is 1.40. The molecule has 0 unspecified atom stereocenters. The smallest absolute Gasteiger partial charge is 0.339 e. The van der Waals surface area contributed by atoms with E-state index in [1.807, 2.05) is 0 Å². The molecule has 0 saturated heterocycles. The maximum Gasteiger partial charge on any atom is 0.339 e. The van der Waals surface area contributed by atoms with Crippen molar-refractivity contribution in [3.63, 3.8) is 0 Å². The van der Waals surface area contributed by atoms with Crippen molar-refractivity contribution in [3.8, 4) is 5.75 Å². The van der Waals surface area contributed by atoms with E-state index in [-0.39, 0.29) is 35.8 Å². The molecule has 2 rings (SSSR count). The Labute approximate surface area is 146 Å². The Hall–Kier alpha value is -0.360. The molecular weight excluding hydrogens is 401 g/mol. The molecule has 21 heavy (non-hydrogen) atoms. The molecular formula is C12H5Cl5O3S. The average molecular weight is 407 g/mol. The molecule has 0 aliphatic rings. The van der Waals surface area contributed by atoms with Gasteiger partial charge < -0.3 is 4.18 Å². The van der Waals surface area contributed by atoms with Crippen LogP contribution in [0.2, 0.25) is 25.1 Å². The van der Waals surface area contributed by atoms with Crippen molar-refractivity contribution in [1.29, 1.82) is 0 Å². The van der Waals surface area contributed by atoms with E-state index in [4.69, 9.17) is 62.2 Å². The maximum absolute atomic E-state index is 12.2. The molecule has 0 heterocycles. The molecule has 0 saturated carbocycles. The summed E-state index contributed by atoms with van der Waals surface area (Å²) >= 11 is 29.0. The maximum atomic E-state index is 12.2. The SMILES string of the molecule is O=S(=O)(Oc1c(Cl)cc(Cl)cc1Cl)c1ccc(Cl)c(Cl)c1. The highest BCUT2D eigenvalue weighted by molar-refractivity contribution is 7.87. The van der Waals surface area contributed by atoms with E-state index in [2.05, 4.69) is 0 Å². The fraction of sp³-hybridized carbons (Fsp3) is 0. The molecule has 0 N–H and O–H groups in total. The summed E-state index contributed by atoms with van der Waals surface area (Å²) in [5.74, 6) is -0.214. The molecule has 0 bridgehead atoms. The van der Waals surface area contributed by atoms with Crippen molar-refractivity contribution in [1.82, 2.24) is 0 Å². The van der Waals surface area contributed by atoms with Gasteiger partial charge in [0, 0.05) is 5.02 Å². The lowest BCUT2D eigenvalue weighted by molar-refractivity contribution is 0.486. The lowest BCUT2D eigenvalue weighted by atomic mass is 10.3. The normalized spacial score (nSPS) is 11.5. The lowest BCUT2D eigenvalue weighted by Gasteiger charge is -2.11. The van der Waals surface area contributed by atoms with Crippen molar-refractivity contribution in [2.45, 2.75) is 4.90 Å². The Kier molecular flexibility index (Phi) is 5.19. The molecule has 2 aromatic carbocycles. The van der Waals surface area contributed by atoms with Gasteiger partial charge in [-0.2, -0.15) is 8.42 Å². The Morgan fingerprint density at radius 3 is 1.86 bits per heavy atom. The summed E-state index contributed by atoms with van der Waals surface area (Å²) in [5.41, 5.74) is 0. The third kappa shape index (κ3) is 3.89. The molecule has 0 spiro atoms. The Morgan fingerprint density at radius 1 is 0.762 bits per heavy atom. The molecule has 0 aliphatic carbocycles. The Bertz CT molecular complexity index is 782. The van der Waals surface area contributed by atoms with Gasteiger partial charge in [0.15, 0.2) is 5.75 Å². The van der Waals surface area contributed by atoms with Gasteiger partial charge in [0.1, 0.15) is 4.90 Å². The monoisotopic (exact) mass is 404 g/mol. The van der Waals surface area contributed by atoms with Gasteiger partial charge in [-0.1, -0.05) is 58.0 Å². The predicted octanol–water partition coefficient (Wildman–Crippen LogP) is 5.72. The molecule has 3 nitrogen and oxygen atoms in total. The van der Waals surface area contributed by atoms with Crippen molar-refractivity contribution >= 4 is 68.1 Å². The van der Waals surface area contributed by atoms with Crippen LogP contribution < -0.4 is 4.18 Å². The van der Waals surface area contributed by atoms with Crippen LogP contribution in [0.1, 0.15) is 0 Å². The zero-order chi connectivity index (χ0) is 15.8. The van der Waals surface area contributed by atoms with E-state index < -0.39 is 10.1 Å². The van der Waals surface area contributed by atoms with Crippen LogP contribution in [0.25, 0.3) is 0 Å². The molecule has 9 heteroatoms. The largest absolute Gasteiger partial charge is 0.376 e. The minimum atomic E-state index is -4.17. The van der Waals surface area contributed by atoms with E-state index in [0.29, 0.717) is 0 Å². The summed E-state index contributed by atoms with van der Waals surface area (Å²) in [6, 6.07) is 6.38. The summed E-state index contributed by atoms with van der Waals surface area (Å²) < 4.78 is 29.3. The van der Waals surface area contributed by atoms with E-state index in [1.54, 1.807) is 0 Å². The molecule has 0 atom stereocenters. The molecule has 0 aromatic heterocycles. The Balaban J connectivity index is 2.44. The second-order valence-corrected chi connectivity index (χ2v) is 7.42. The minimum Gasteiger partial charge on any atom is -0.376 e. The third-order valence-corrected chi connectivity index (χ3v) is 5.07. The van der Waals surface area contributed by atoms with Gasteiger partial charge in [-0.3, -0.25) is 0 Å². The van der Waals surface area contributed by atoms with Crippen LogP contribution in [0.3, 0.4) is 0 Å². The second-order valence-electron chi connectivity index (χ2n) is 3.81. The van der Waals surface area contributed by atoms with Crippen LogP contribution in [-0.4, -0.2) is 8.42 Å². The number of benzene rings is 2. The molecule has 2 aromatic rings. The van der Waals surface area contributed by atoms with Crippen molar-refractivity contribution < 1.29 is 12.6 Å². The Morgan fingerprint density at radius 2 is 1.33 bits per heavy atom. The van der Waals surface area contributed by atoms with Gasteiger partial charge in [-0.05, 0) is 30.3 Å². The van der Waals surface area contributed by atoms with Gasteiger partial charge in [0.05, 0.1) is 20.1 Å². The van der Waals surface area contributed by atoms with Crippen LogP contribution in [0.4, 0.5) is 0 Å². The van der Waals surface area contributed by atoms with E-state index >= 15 is 0 Å². The summed E-state index contributed by atoms with van der Waals surface area (Å²) in [4.78, 5) is -0.181. The number of hydrogen-bond donors (Lipinski definition) is 0. The molecule has 112 valence electrons. The van der Waals surface area contributed by atoms with Crippen molar-refractivity contribution in [3.05, 3.63) is 55.4 Å². The summed E-state index contributed by atoms with van der Waals surface area (Å²) in [6.45, 7) is 0. The number of hydrogen-bond acceptors (Lipinski definition) is 3. The van der Waals surface area contributed by atoms with Crippen LogP contribution in [0.5, 0.6) is 5.75 Å². The molecule has 0 aliphatic heterocycles. The van der Waals surface area contributed by atoms with Gasteiger partial charge in [-0.25, -0.2) is 0 Å². The summed E-state index contributed by atoms with van der Waals surface area (Å²) in [5, 5.41) is 0.490. The van der Waals surface area contributed by atoms with Crippen LogP contribution in [-0.2, 0) is 10.1 Å². The summed E-state index contributed by atoms with van der Waals surface area (Å²) in [7, 11) is -4.17. The standard InChI is InChI=1S/C12H5Cl5O3S/c13-6-3-10(16)12(11(17)4-6)20-21(18,19)7-1-2-8(14)9(15)5-7/h1-5H. The number of halogens is 5. The highest BCUT2D eigenvalue weighted by Gasteiger charge is 2.21. The third-order valence-electron chi connectivity index (χ3n) is 2.34. The van der Waals surface area contributed by atoms with Gasteiger partial charge in [-0.15, -0.1) is 0 Å². The quantitative estimate of drug-likeness (QED) is 0.612. The van der Waals surface area contributed by atoms with Crippen molar-refractivity contribution in [2.75, 3.05) is 0 Å². The minimum absolute atomic E-state index is 0.0314. The first-order valence-corrected chi connectivity index (χ1v) is 8.54. The van der Waals surface area contributed by atoms with E-state index in [9.17, 15) is 8.42 Å². The fourth-order valence-corrected chi connectivity index (χ4v) is 3.74. The molecule has 0 fully saturated rings. The van der Waals surface area contributed by atoms with Crippen LogP contribution in [0, 0.1) is 0 Å². The highest BCUT2D eigenvalue weighted by atomic mass is 35.5. The van der Waals surface area contributed by atoms with Crippen LogP contribution in [0.15, 0.2) is 35.2 Å². The highest BCUT2D eigenvalue weighted by Crippen LogP contribution is 2.38. The first-order chi connectivity index (χ1) is 9.70. The number of rotatable bonds is 3. The lowest BCUT2D eigenvalue weighted by Crippen LogP contribution is -2.10. The topological polar surface area (TPSA) is 43.4 Å².